The summed E-state index contributed by atoms with van der Waals surface area (Å²) in [5, 5.41) is 7.60. The molecule has 1 heterocycles. The molecular formula is C24H18ClN3O3. The summed E-state index contributed by atoms with van der Waals surface area (Å²) in [5.74, 6) is -1.13. The third-order valence-corrected chi connectivity index (χ3v) is 4.81. The van der Waals surface area contributed by atoms with Crippen LogP contribution in [0.3, 0.4) is 0 Å². The van der Waals surface area contributed by atoms with Crippen molar-refractivity contribution in [2.45, 2.75) is 0 Å². The van der Waals surface area contributed by atoms with Gasteiger partial charge < -0.3 is 10.1 Å². The Bertz CT molecular complexity index is 1210. The van der Waals surface area contributed by atoms with Crippen molar-refractivity contribution in [2.24, 2.45) is 0 Å². The number of rotatable bonds is 6. The third-order valence-electron chi connectivity index (χ3n) is 4.48. The van der Waals surface area contributed by atoms with E-state index in [4.69, 9.17) is 16.3 Å². The first-order valence-corrected chi connectivity index (χ1v) is 9.91. The van der Waals surface area contributed by atoms with Crippen LogP contribution in [0.2, 0.25) is 5.02 Å². The molecule has 0 spiro atoms. The molecule has 4 aromatic rings. The highest BCUT2D eigenvalue weighted by molar-refractivity contribution is 6.33. The Hall–Kier alpha value is -3.90. The molecule has 154 valence electrons. The van der Waals surface area contributed by atoms with Gasteiger partial charge in [0.05, 0.1) is 16.4 Å². The van der Waals surface area contributed by atoms with Crippen molar-refractivity contribution in [2.75, 3.05) is 11.9 Å². The van der Waals surface area contributed by atoms with Crippen LogP contribution in [0, 0.1) is 0 Å². The van der Waals surface area contributed by atoms with Crippen LogP contribution in [0.25, 0.3) is 16.9 Å². The van der Waals surface area contributed by atoms with Crippen molar-refractivity contribution >= 4 is 29.2 Å². The first kappa shape index (κ1) is 20.4. The number of carbonyl (C=O) groups excluding carboxylic acids is 2. The van der Waals surface area contributed by atoms with Gasteiger partial charge in [-0.15, -0.1) is 0 Å². The number of nitrogens with one attached hydrogen (secondary N) is 1. The van der Waals surface area contributed by atoms with Crippen LogP contribution in [0.5, 0.6) is 0 Å². The molecule has 6 nitrogen and oxygen atoms in total. The van der Waals surface area contributed by atoms with E-state index < -0.39 is 18.5 Å². The first-order chi connectivity index (χ1) is 15.1. The molecule has 31 heavy (non-hydrogen) atoms. The summed E-state index contributed by atoms with van der Waals surface area (Å²) in [4.78, 5) is 25.0. The van der Waals surface area contributed by atoms with E-state index in [1.807, 2.05) is 60.7 Å². The molecule has 1 amide bonds. The van der Waals surface area contributed by atoms with Crippen LogP contribution in [0.4, 0.5) is 5.69 Å². The predicted octanol–water partition coefficient (Wildman–Crippen LogP) is 4.99. The average molecular weight is 432 g/mol. The lowest BCUT2D eigenvalue weighted by molar-refractivity contribution is -0.119. The number of hydrogen-bond acceptors (Lipinski definition) is 4. The number of esters is 1. The van der Waals surface area contributed by atoms with Crippen molar-refractivity contribution < 1.29 is 14.3 Å². The largest absolute Gasteiger partial charge is 0.452 e. The highest BCUT2D eigenvalue weighted by Gasteiger charge is 2.21. The fourth-order valence-electron chi connectivity index (χ4n) is 3.00. The molecule has 0 unspecified atom stereocenters. The molecule has 1 aromatic heterocycles. The number of ether oxygens (including phenoxy) is 1. The number of para-hydroxylation sites is 2. The first-order valence-electron chi connectivity index (χ1n) is 9.54. The molecule has 0 bridgehead atoms. The fourth-order valence-corrected chi connectivity index (χ4v) is 3.19. The summed E-state index contributed by atoms with van der Waals surface area (Å²) in [6.45, 7) is -0.450. The van der Waals surface area contributed by atoms with Crippen molar-refractivity contribution in [3.63, 3.8) is 0 Å². The Labute approximate surface area is 184 Å². The van der Waals surface area contributed by atoms with Gasteiger partial charge in [0, 0.05) is 11.8 Å². The van der Waals surface area contributed by atoms with Gasteiger partial charge in [0.1, 0.15) is 11.3 Å². The Balaban J connectivity index is 1.55. The quantitative estimate of drug-likeness (QED) is 0.436. The van der Waals surface area contributed by atoms with Crippen LogP contribution < -0.4 is 5.32 Å². The van der Waals surface area contributed by atoms with E-state index >= 15 is 0 Å². The number of benzene rings is 3. The van der Waals surface area contributed by atoms with E-state index in [2.05, 4.69) is 10.4 Å². The Morgan fingerprint density at radius 2 is 1.55 bits per heavy atom. The SMILES string of the molecule is O=C(COC(=O)c1cn(-c2ccccc2)nc1-c1ccccc1)Nc1ccccc1Cl. The molecular weight excluding hydrogens is 414 g/mol. The molecule has 0 radical (unpaired) electrons. The van der Waals surface area contributed by atoms with Gasteiger partial charge in [-0.3, -0.25) is 4.79 Å². The molecule has 0 aliphatic carbocycles. The number of hydrogen-bond donors (Lipinski definition) is 1. The maximum absolute atomic E-state index is 12.8. The van der Waals surface area contributed by atoms with Gasteiger partial charge in [0.25, 0.3) is 5.91 Å². The molecule has 0 aliphatic rings. The fraction of sp³-hybridized carbons (Fsp3) is 0.0417. The van der Waals surface area contributed by atoms with Gasteiger partial charge in [-0.25, -0.2) is 9.48 Å². The zero-order valence-electron chi connectivity index (χ0n) is 16.4. The molecule has 0 saturated heterocycles. The van der Waals surface area contributed by atoms with Crippen molar-refractivity contribution in [3.05, 3.63) is 102 Å². The molecule has 0 saturated carbocycles. The average Bonchev–Trinajstić information content (AvgIpc) is 3.26. The van der Waals surface area contributed by atoms with Gasteiger partial charge >= 0.3 is 5.97 Å². The summed E-state index contributed by atoms with van der Waals surface area (Å²) in [7, 11) is 0. The lowest BCUT2D eigenvalue weighted by Gasteiger charge is -2.08. The summed E-state index contributed by atoms with van der Waals surface area (Å²) < 4.78 is 6.88. The van der Waals surface area contributed by atoms with Gasteiger partial charge in [-0.1, -0.05) is 72.3 Å². The van der Waals surface area contributed by atoms with Crippen molar-refractivity contribution in [1.82, 2.24) is 9.78 Å². The lowest BCUT2D eigenvalue weighted by atomic mass is 10.1. The van der Waals surface area contributed by atoms with Crippen LogP contribution in [-0.4, -0.2) is 28.3 Å². The van der Waals surface area contributed by atoms with E-state index in [1.54, 1.807) is 35.1 Å². The number of halogens is 1. The molecule has 0 fully saturated rings. The second kappa shape index (κ2) is 9.28. The topological polar surface area (TPSA) is 73.2 Å². The number of aromatic nitrogens is 2. The molecule has 7 heteroatoms. The van der Waals surface area contributed by atoms with Crippen LogP contribution in [0.15, 0.2) is 91.1 Å². The molecule has 3 aromatic carbocycles. The van der Waals surface area contributed by atoms with Crippen LogP contribution >= 0.6 is 11.6 Å². The van der Waals surface area contributed by atoms with Crippen molar-refractivity contribution in [1.29, 1.82) is 0 Å². The van der Waals surface area contributed by atoms with Gasteiger partial charge in [-0.05, 0) is 24.3 Å². The maximum atomic E-state index is 12.8. The lowest BCUT2D eigenvalue weighted by Crippen LogP contribution is -2.21. The van der Waals surface area contributed by atoms with E-state index in [9.17, 15) is 9.59 Å². The zero-order chi connectivity index (χ0) is 21.6. The number of carbonyl (C=O) groups is 2. The highest BCUT2D eigenvalue weighted by Crippen LogP contribution is 2.24. The second-order valence-electron chi connectivity index (χ2n) is 6.64. The molecule has 1 N–H and O–H groups in total. The predicted molar refractivity (Wildman–Crippen MR) is 119 cm³/mol. The monoisotopic (exact) mass is 431 g/mol. The molecule has 4 rings (SSSR count). The number of amides is 1. The standard InChI is InChI=1S/C24H18ClN3O3/c25-20-13-7-8-14-21(20)26-22(29)16-31-24(30)19-15-28(18-11-5-2-6-12-18)27-23(19)17-9-3-1-4-10-17/h1-15H,16H2,(H,26,29). The normalized spacial score (nSPS) is 10.5. The van der Waals surface area contributed by atoms with Crippen LogP contribution in [-0.2, 0) is 9.53 Å². The highest BCUT2D eigenvalue weighted by atomic mass is 35.5. The maximum Gasteiger partial charge on any atom is 0.342 e. The zero-order valence-corrected chi connectivity index (χ0v) is 17.1. The van der Waals surface area contributed by atoms with E-state index in [1.165, 1.54) is 0 Å². The third kappa shape index (κ3) is 4.82. The van der Waals surface area contributed by atoms with Gasteiger partial charge in [0.15, 0.2) is 6.61 Å². The minimum Gasteiger partial charge on any atom is -0.452 e. The Morgan fingerprint density at radius 1 is 0.903 bits per heavy atom. The van der Waals surface area contributed by atoms with Gasteiger partial charge in [0.2, 0.25) is 0 Å². The van der Waals surface area contributed by atoms with E-state index in [-0.39, 0.29) is 5.56 Å². The minimum atomic E-state index is -0.643. The minimum absolute atomic E-state index is 0.264. The van der Waals surface area contributed by atoms with E-state index in [0.717, 1.165) is 11.3 Å². The molecule has 0 aliphatic heterocycles. The van der Waals surface area contributed by atoms with Crippen LogP contribution in [0.1, 0.15) is 10.4 Å². The van der Waals surface area contributed by atoms with Gasteiger partial charge in [-0.2, -0.15) is 5.10 Å². The summed E-state index contributed by atoms with van der Waals surface area (Å²) in [5.41, 5.74) is 2.76. The second-order valence-corrected chi connectivity index (χ2v) is 7.05. The number of anilines is 1. The summed E-state index contributed by atoms with van der Waals surface area (Å²) in [6, 6.07) is 25.6. The Morgan fingerprint density at radius 3 is 2.26 bits per heavy atom. The van der Waals surface area contributed by atoms with Crippen molar-refractivity contribution in [3.8, 4) is 16.9 Å². The summed E-state index contributed by atoms with van der Waals surface area (Å²) >= 11 is 6.04. The number of nitrogens with zero attached hydrogens (tertiary/aromatic N) is 2. The molecule has 0 atom stereocenters. The smallest absolute Gasteiger partial charge is 0.342 e. The van der Waals surface area contributed by atoms with E-state index in [0.29, 0.717) is 16.4 Å². The Kier molecular flexibility index (Phi) is 6.10. The summed E-state index contributed by atoms with van der Waals surface area (Å²) in [6.07, 6.45) is 1.60.